The summed E-state index contributed by atoms with van der Waals surface area (Å²) in [4.78, 5) is 18.7. The first kappa shape index (κ1) is 14.2. The van der Waals surface area contributed by atoms with Crippen molar-refractivity contribution in [1.29, 1.82) is 0 Å². The summed E-state index contributed by atoms with van der Waals surface area (Å²) < 4.78 is 1.61. The largest absolute Gasteiger partial charge is 0.480 e. The van der Waals surface area contributed by atoms with E-state index in [0.717, 1.165) is 38.2 Å². The van der Waals surface area contributed by atoms with Crippen molar-refractivity contribution < 1.29 is 9.90 Å². The summed E-state index contributed by atoms with van der Waals surface area (Å²) in [6.45, 7) is 2.90. The Bertz CT molecular complexity index is 596. The van der Waals surface area contributed by atoms with E-state index >= 15 is 0 Å². The van der Waals surface area contributed by atoms with Gasteiger partial charge in [0, 0.05) is 42.0 Å². The van der Waals surface area contributed by atoms with Gasteiger partial charge in [-0.3, -0.25) is 19.4 Å². The first-order chi connectivity index (χ1) is 10.2. The van der Waals surface area contributed by atoms with Crippen molar-refractivity contribution in [2.45, 2.75) is 31.8 Å². The molecule has 112 valence electrons. The Labute approximate surface area is 127 Å². The Hall–Kier alpha value is -1.73. The number of aliphatic carboxylic acids is 1. The van der Waals surface area contributed by atoms with Crippen molar-refractivity contribution in [3.05, 3.63) is 34.5 Å². The fourth-order valence-corrected chi connectivity index (χ4v) is 3.57. The third-order valence-corrected chi connectivity index (χ3v) is 4.59. The van der Waals surface area contributed by atoms with Crippen LogP contribution in [0.2, 0.25) is 0 Å². The topological polar surface area (TPSA) is 71.2 Å². The normalized spacial score (nSPS) is 19.7. The predicted octanol–water partition coefficient (Wildman–Crippen LogP) is 1.80. The molecule has 7 heteroatoms. The highest BCUT2D eigenvalue weighted by Gasteiger charge is 2.24. The fourth-order valence-electron chi connectivity index (χ4n) is 2.93. The molecule has 1 aliphatic rings. The molecule has 0 bridgehead atoms. The minimum Gasteiger partial charge on any atom is -0.480 e. The van der Waals surface area contributed by atoms with Gasteiger partial charge in [-0.05, 0) is 25.5 Å². The van der Waals surface area contributed by atoms with E-state index in [-0.39, 0.29) is 6.54 Å². The van der Waals surface area contributed by atoms with Crippen molar-refractivity contribution in [1.82, 2.24) is 19.7 Å². The molecule has 21 heavy (non-hydrogen) atoms. The van der Waals surface area contributed by atoms with Crippen LogP contribution in [0.5, 0.6) is 0 Å². The molecule has 0 aromatic carbocycles. The van der Waals surface area contributed by atoms with Crippen LogP contribution in [0, 0.1) is 0 Å². The first-order valence-corrected chi connectivity index (χ1v) is 7.93. The molecule has 0 spiro atoms. The number of nitrogens with zero attached hydrogens (tertiary/aromatic N) is 4. The van der Waals surface area contributed by atoms with E-state index < -0.39 is 5.97 Å². The molecule has 0 aliphatic carbocycles. The smallest absolute Gasteiger partial charge is 0.325 e. The van der Waals surface area contributed by atoms with Crippen LogP contribution in [0.1, 0.15) is 29.3 Å². The summed E-state index contributed by atoms with van der Waals surface area (Å²) >= 11 is 1.68. The van der Waals surface area contributed by atoms with E-state index in [4.69, 9.17) is 5.11 Å². The zero-order valence-electron chi connectivity index (χ0n) is 11.7. The van der Waals surface area contributed by atoms with Crippen LogP contribution in [0.15, 0.2) is 24.0 Å². The Morgan fingerprint density at radius 1 is 1.52 bits per heavy atom. The monoisotopic (exact) mass is 306 g/mol. The number of aromatic nitrogens is 3. The zero-order valence-corrected chi connectivity index (χ0v) is 12.5. The average molecular weight is 306 g/mol. The maximum absolute atomic E-state index is 10.9. The lowest BCUT2D eigenvalue weighted by atomic mass is 9.94. The van der Waals surface area contributed by atoms with Gasteiger partial charge in [0.25, 0.3) is 0 Å². The van der Waals surface area contributed by atoms with Crippen molar-refractivity contribution in [2.75, 3.05) is 13.1 Å². The van der Waals surface area contributed by atoms with Crippen LogP contribution in [-0.2, 0) is 17.9 Å². The van der Waals surface area contributed by atoms with Gasteiger partial charge in [-0.2, -0.15) is 5.10 Å². The van der Waals surface area contributed by atoms with Gasteiger partial charge in [-0.1, -0.05) is 0 Å². The quantitative estimate of drug-likeness (QED) is 0.912. The van der Waals surface area contributed by atoms with E-state index in [1.807, 2.05) is 17.8 Å². The van der Waals surface area contributed by atoms with Crippen molar-refractivity contribution in [3.8, 4) is 0 Å². The van der Waals surface area contributed by atoms with Gasteiger partial charge in [0.1, 0.15) is 6.54 Å². The number of rotatable bonds is 5. The molecular formula is C14H18N4O2S. The molecule has 2 aromatic heterocycles. The minimum atomic E-state index is -0.850. The molecule has 0 saturated carbocycles. The highest BCUT2D eigenvalue weighted by molar-refractivity contribution is 7.09. The van der Waals surface area contributed by atoms with Gasteiger partial charge < -0.3 is 5.11 Å². The molecule has 6 nitrogen and oxygen atoms in total. The third kappa shape index (κ3) is 3.48. The van der Waals surface area contributed by atoms with E-state index in [0.29, 0.717) is 5.92 Å². The first-order valence-electron chi connectivity index (χ1n) is 7.05. The molecule has 1 N–H and O–H groups in total. The summed E-state index contributed by atoms with van der Waals surface area (Å²) in [5, 5.41) is 13.1. The molecule has 3 rings (SSSR count). The summed E-state index contributed by atoms with van der Waals surface area (Å²) in [7, 11) is 0. The third-order valence-electron chi connectivity index (χ3n) is 3.82. The molecule has 1 saturated heterocycles. The van der Waals surface area contributed by atoms with Crippen LogP contribution < -0.4 is 0 Å². The Balaban J connectivity index is 1.68. The number of thiazole rings is 1. The number of hydrogen-bond donors (Lipinski definition) is 1. The maximum atomic E-state index is 10.9. The van der Waals surface area contributed by atoms with Crippen LogP contribution >= 0.6 is 11.3 Å². The molecule has 0 radical (unpaired) electrons. The molecule has 1 atom stereocenters. The molecule has 3 heterocycles. The predicted molar refractivity (Wildman–Crippen MR) is 79.2 cm³/mol. The van der Waals surface area contributed by atoms with Crippen LogP contribution in [0.3, 0.4) is 0 Å². The molecular weight excluding hydrogens is 288 g/mol. The summed E-state index contributed by atoms with van der Waals surface area (Å²) in [5.74, 6) is -0.495. The highest BCUT2D eigenvalue weighted by Crippen LogP contribution is 2.28. The Morgan fingerprint density at radius 3 is 3.19 bits per heavy atom. The van der Waals surface area contributed by atoms with Gasteiger partial charge in [0.2, 0.25) is 0 Å². The lowest BCUT2D eigenvalue weighted by Crippen LogP contribution is -2.34. The standard InChI is InChI=1S/C14H18N4O2S/c19-14(20)9-18-13(3-4-16-18)11-2-1-5-17(7-11)8-12-6-15-10-21-12/h3-4,6,10-11H,1-2,5,7-9H2,(H,19,20). The van der Waals surface area contributed by atoms with Crippen LogP contribution in [0.25, 0.3) is 0 Å². The molecule has 1 fully saturated rings. The zero-order chi connectivity index (χ0) is 14.7. The van der Waals surface area contributed by atoms with Crippen LogP contribution in [-0.4, -0.2) is 43.8 Å². The summed E-state index contributed by atoms with van der Waals surface area (Å²) in [5.41, 5.74) is 2.89. The van der Waals surface area contributed by atoms with Crippen molar-refractivity contribution >= 4 is 17.3 Å². The van der Waals surface area contributed by atoms with E-state index in [1.54, 1.807) is 22.2 Å². The lowest BCUT2D eigenvalue weighted by molar-refractivity contribution is -0.137. The Morgan fingerprint density at radius 2 is 2.43 bits per heavy atom. The van der Waals surface area contributed by atoms with E-state index in [9.17, 15) is 4.79 Å². The van der Waals surface area contributed by atoms with Crippen molar-refractivity contribution in [3.63, 3.8) is 0 Å². The van der Waals surface area contributed by atoms with Gasteiger partial charge in [0.15, 0.2) is 0 Å². The average Bonchev–Trinajstić information content (AvgIpc) is 3.10. The molecule has 2 aromatic rings. The number of likely N-dealkylation sites (tertiary alicyclic amines) is 1. The maximum Gasteiger partial charge on any atom is 0.325 e. The van der Waals surface area contributed by atoms with Gasteiger partial charge in [-0.15, -0.1) is 11.3 Å². The Kier molecular flexibility index (Phi) is 4.31. The molecule has 1 unspecified atom stereocenters. The number of carboxylic acid groups (broad SMARTS) is 1. The minimum absolute atomic E-state index is 0.0618. The molecule has 0 amide bonds. The number of carbonyl (C=O) groups is 1. The number of carboxylic acids is 1. The lowest BCUT2D eigenvalue weighted by Gasteiger charge is -2.32. The second kappa shape index (κ2) is 6.36. The van der Waals surface area contributed by atoms with E-state index in [2.05, 4.69) is 15.0 Å². The highest BCUT2D eigenvalue weighted by atomic mass is 32.1. The summed E-state index contributed by atoms with van der Waals surface area (Å²) in [6, 6.07) is 1.95. The van der Waals surface area contributed by atoms with Gasteiger partial charge in [-0.25, -0.2) is 0 Å². The fraction of sp³-hybridized carbons (Fsp3) is 0.500. The van der Waals surface area contributed by atoms with Crippen molar-refractivity contribution in [2.24, 2.45) is 0 Å². The van der Waals surface area contributed by atoms with Gasteiger partial charge >= 0.3 is 5.97 Å². The second-order valence-corrected chi connectivity index (χ2v) is 6.32. The SMILES string of the molecule is O=C(O)Cn1nccc1C1CCCN(Cc2cncs2)C1. The second-order valence-electron chi connectivity index (χ2n) is 5.35. The summed E-state index contributed by atoms with van der Waals surface area (Å²) in [6.07, 6.45) is 5.83. The van der Waals surface area contributed by atoms with Crippen LogP contribution in [0.4, 0.5) is 0 Å². The number of hydrogen-bond acceptors (Lipinski definition) is 5. The molecule has 1 aliphatic heterocycles. The number of piperidine rings is 1. The van der Waals surface area contributed by atoms with Gasteiger partial charge in [0.05, 0.1) is 5.51 Å². The van der Waals surface area contributed by atoms with E-state index in [1.165, 1.54) is 4.88 Å².